The summed E-state index contributed by atoms with van der Waals surface area (Å²) in [6, 6.07) is 9.84. The quantitative estimate of drug-likeness (QED) is 0.825. The Morgan fingerprint density at radius 2 is 2.05 bits per heavy atom. The summed E-state index contributed by atoms with van der Waals surface area (Å²) in [7, 11) is 0. The second-order valence-electron chi connectivity index (χ2n) is 4.64. The van der Waals surface area contributed by atoms with Gasteiger partial charge >= 0.3 is 5.97 Å². The zero-order chi connectivity index (χ0) is 14.5. The fourth-order valence-corrected chi connectivity index (χ4v) is 3.26. The summed E-state index contributed by atoms with van der Waals surface area (Å²) in [6.07, 6.45) is 0. The van der Waals surface area contributed by atoms with Crippen molar-refractivity contribution in [3.63, 3.8) is 0 Å². The van der Waals surface area contributed by atoms with Gasteiger partial charge in [0.05, 0.1) is 5.92 Å². The van der Waals surface area contributed by atoms with Crippen molar-refractivity contribution in [2.75, 3.05) is 0 Å². The van der Waals surface area contributed by atoms with Gasteiger partial charge in [0.15, 0.2) is 0 Å². The van der Waals surface area contributed by atoms with Crippen LogP contribution in [0.2, 0.25) is 0 Å². The second kappa shape index (κ2) is 7.02. The number of carboxylic acids is 1. The van der Waals surface area contributed by atoms with Gasteiger partial charge in [-0.2, -0.15) is 0 Å². The SMILES string of the molecule is CC(C(=O)O)c1ccc(CNCc2cc(Br)cs2)cc1. The Labute approximate surface area is 130 Å². The molecule has 2 N–H and O–H groups in total. The number of carbonyl (C=O) groups is 1. The number of halogens is 1. The van der Waals surface area contributed by atoms with E-state index in [4.69, 9.17) is 5.11 Å². The van der Waals surface area contributed by atoms with Crippen LogP contribution in [-0.2, 0) is 17.9 Å². The van der Waals surface area contributed by atoms with Crippen molar-refractivity contribution in [2.45, 2.75) is 25.9 Å². The smallest absolute Gasteiger partial charge is 0.310 e. The van der Waals surface area contributed by atoms with Crippen molar-refractivity contribution in [2.24, 2.45) is 0 Å². The van der Waals surface area contributed by atoms with Crippen molar-refractivity contribution >= 4 is 33.2 Å². The molecule has 1 aromatic heterocycles. The van der Waals surface area contributed by atoms with Crippen LogP contribution < -0.4 is 5.32 Å². The molecule has 0 fully saturated rings. The molecule has 2 rings (SSSR count). The Morgan fingerprint density at radius 3 is 2.60 bits per heavy atom. The fraction of sp³-hybridized carbons (Fsp3) is 0.267. The number of benzene rings is 1. The largest absolute Gasteiger partial charge is 0.481 e. The van der Waals surface area contributed by atoms with E-state index in [-0.39, 0.29) is 0 Å². The molecule has 1 atom stereocenters. The number of rotatable bonds is 6. The third-order valence-corrected chi connectivity index (χ3v) is 4.80. The average Bonchev–Trinajstić information content (AvgIpc) is 2.84. The van der Waals surface area contributed by atoms with Gasteiger partial charge in [0, 0.05) is 27.8 Å². The van der Waals surface area contributed by atoms with E-state index in [2.05, 4.69) is 32.7 Å². The fourth-order valence-electron chi connectivity index (χ4n) is 1.84. The Kier molecular flexibility index (Phi) is 5.34. The molecule has 0 aliphatic rings. The van der Waals surface area contributed by atoms with Crippen LogP contribution in [0.4, 0.5) is 0 Å². The molecule has 1 unspecified atom stereocenters. The van der Waals surface area contributed by atoms with Crippen molar-refractivity contribution in [1.82, 2.24) is 5.32 Å². The number of aliphatic carboxylic acids is 1. The number of nitrogens with one attached hydrogen (secondary N) is 1. The van der Waals surface area contributed by atoms with Gasteiger partial charge in [-0.15, -0.1) is 11.3 Å². The van der Waals surface area contributed by atoms with Gasteiger partial charge in [0.2, 0.25) is 0 Å². The molecule has 1 aromatic carbocycles. The number of hydrogen-bond donors (Lipinski definition) is 2. The minimum absolute atomic E-state index is 0.458. The highest BCUT2D eigenvalue weighted by Gasteiger charge is 2.12. The Balaban J connectivity index is 1.86. The lowest BCUT2D eigenvalue weighted by Crippen LogP contribution is -2.12. The second-order valence-corrected chi connectivity index (χ2v) is 6.55. The van der Waals surface area contributed by atoms with Gasteiger partial charge in [-0.1, -0.05) is 24.3 Å². The lowest BCUT2D eigenvalue weighted by molar-refractivity contribution is -0.138. The first-order chi connectivity index (χ1) is 9.56. The van der Waals surface area contributed by atoms with Crippen LogP contribution >= 0.6 is 27.3 Å². The van der Waals surface area contributed by atoms with Crippen LogP contribution in [0.3, 0.4) is 0 Å². The summed E-state index contributed by atoms with van der Waals surface area (Å²) in [4.78, 5) is 12.2. The summed E-state index contributed by atoms with van der Waals surface area (Å²) in [6.45, 7) is 3.31. The van der Waals surface area contributed by atoms with Gasteiger partial charge in [0.1, 0.15) is 0 Å². The molecule has 0 amide bonds. The molecule has 0 spiro atoms. The van der Waals surface area contributed by atoms with Gasteiger partial charge in [-0.3, -0.25) is 4.79 Å². The normalized spacial score (nSPS) is 12.3. The predicted molar refractivity (Wildman–Crippen MR) is 85.1 cm³/mol. The summed E-state index contributed by atoms with van der Waals surface area (Å²) in [5.74, 6) is -1.25. The van der Waals surface area contributed by atoms with Crippen LogP contribution in [0, 0.1) is 0 Å². The zero-order valence-corrected chi connectivity index (χ0v) is 13.5. The first-order valence-corrected chi connectivity index (χ1v) is 7.99. The first-order valence-electron chi connectivity index (χ1n) is 6.31. The van der Waals surface area contributed by atoms with E-state index >= 15 is 0 Å². The maximum Gasteiger partial charge on any atom is 0.310 e. The first kappa shape index (κ1) is 15.2. The molecule has 2 aromatic rings. The maximum atomic E-state index is 10.9. The Bertz CT molecular complexity index is 580. The van der Waals surface area contributed by atoms with E-state index in [1.807, 2.05) is 24.3 Å². The van der Waals surface area contributed by atoms with E-state index in [1.54, 1.807) is 18.3 Å². The van der Waals surface area contributed by atoms with Gasteiger partial charge in [0.25, 0.3) is 0 Å². The third-order valence-electron chi connectivity index (χ3n) is 3.10. The third kappa shape index (κ3) is 4.16. The zero-order valence-electron chi connectivity index (χ0n) is 11.1. The van der Waals surface area contributed by atoms with Gasteiger partial charge in [-0.25, -0.2) is 0 Å². The summed E-state index contributed by atoms with van der Waals surface area (Å²) in [5.41, 5.74) is 1.99. The lowest BCUT2D eigenvalue weighted by atomic mass is 10.0. The van der Waals surface area contributed by atoms with Crippen molar-refractivity contribution in [1.29, 1.82) is 0 Å². The van der Waals surface area contributed by atoms with Gasteiger partial charge < -0.3 is 10.4 Å². The monoisotopic (exact) mass is 353 g/mol. The molecular weight excluding hydrogens is 338 g/mol. The molecular formula is C15H16BrNO2S. The molecule has 0 radical (unpaired) electrons. The van der Waals surface area contributed by atoms with E-state index in [1.165, 1.54) is 4.88 Å². The van der Waals surface area contributed by atoms with E-state index in [9.17, 15) is 4.79 Å². The highest BCUT2D eigenvalue weighted by atomic mass is 79.9. The van der Waals surface area contributed by atoms with Crippen LogP contribution in [0.1, 0.15) is 28.8 Å². The maximum absolute atomic E-state index is 10.9. The number of thiophene rings is 1. The predicted octanol–water partition coefficient (Wildman–Crippen LogP) is 3.99. The molecule has 1 heterocycles. The Hall–Kier alpha value is -1.17. The highest BCUT2D eigenvalue weighted by Crippen LogP contribution is 2.20. The van der Waals surface area contributed by atoms with Crippen LogP contribution in [0.5, 0.6) is 0 Å². The molecule has 5 heteroatoms. The van der Waals surface area contributed by atoms with Crippen LogP contribution in [0.15, 0.2) is 40.2 Å². The molecule has 106 valence electrons. The van der Waals surface area contributed by atoms with Crippen molar-refractivity contribution < 1.29 is 9.90 Å². The lowest BCUT2D eigenvalue weighted by Gasteiger charge is -2.08. The van der Waals surface area contributed by atoms with Crippen molar-refractivity contribution in [3.8, 4) is 0 Å². The van der Waals surface area contributed by atoms with E-state index in [0.717, 1.165) is 28.7 Å². The van der Waals surface area contributed by atoms with Crippen LogP contribution in [-0.4, -0.2) is 11.1 Å². The van der Waals surface area contributed by atoms with E-state index in [0.29, 0.717) is 0 Å². The summed E-state index contributed by atoms with van der Waals surface area (Å²) < 4.78 is 1.12. The van der Waals surface area contributed by atoms with E-state index < -0.39 is 11.9 Å². The number of carboxylic acid groups (broad SMARTS) is 1. The van der Waals surface area contributed by atoms with Gasteiger partial charge in [-0.05, 0) is 40.0 Å². The topological polar surface area (TPSA) is 49.3 Å². The number of hydrogen-bond acceptors (Lipinski definition) is 3. The van der Waals surface area contributed by atoms with Crippen molar-refractivity contribution in [3.05, 3.63) is 56.2 Å². The Morgan fingerprint density at radius 1 is 1.35 bits per heavy atom. The summed E-state index contributed by atoms with van der Waals surface area (Å²) >= 11 is 5.16. The molecule has 0 aliphatic carbocycles. The highest BCUT2D eigenvalue weighted by molar-refractivity contribution is 9.10. The average molecular weight is 354 g/mol. The molecule has 0 bridgehead atoms. The molecule has 3 nitrogen and oxygen atoms in total. The molecule has 0 saturated heterocycles. The molecule has 0 aliphatic heterocycles. The summed E-state index contributed by atoms with van der Waals surface area (Å²) in [5, 5.41) is 14.4. The molecule has 20 heavy (non-hydrogen) atoms. The minimum Gasteiger partial charge on any atom is -0.481 e. The molecule has 0 saturated carbocycles. The minimum atomic E-state index is -0.792. The standard InChI is InChI=1S/C15H16BrNO2S/c1-10(15(18)19)12-4-2-11(3-5-12)7-17-8-14-6-13(16)9-20-14/h2-6,9-10,17H,7-8H2,1H3,(H,18,19). The van der Waals surface area contributed by atoms with Crippen LogP contribution in [0.25, 0.3) is 0 Å².